The van der Waals surface area contributed by atoms with E-state index < -0.39 is 61.1 Å². The molecule has 15 heteroatoms. The number of alkyl halides is 3. The Hall–Kier alpha value is -4.14. The van der Waals surface area contributed by atoms with Crippen molar-refractivity contribution in [3.05, 3.63) is 77.0 Å². The van der Waals surface area contributed by atoms with Gasteiger partial charge in [0.25, 0.3) is 10.0 Å². The third-order valence-electron chi connectivity index (χ3n) is 6.08. The molecule has 2 aromatic heterocycles. The second kappa shape index (κ2) is 9.55. The van der Waals surface area contributed by atoms with E-state index in [1.54, 1.807) is 4.72 Å². The zero-order valence-corrected chi connectivity index (χ0v) is 20.4. The Kier molecular flexibility index (Phi) is 6.48. The predicted molar refractivity (Wildman–Crippen MR) is 127 cm³/mol. The van der Waals surface area contributed by atoms with Crippen LogP contribution in [0.2, 0.25) is 0 Å². The number of aromatic nitrogens is 3. The Morgan fingerprint density at radius 3 is 2.46 bits per heavy atom. The quantitative estimate of drug-likeness (QED) is 0.197. The molecule has 0 amide bonds. The summed E-state index contributed by atoms with van der Waals surface area (Å²) in [6, 6.07) is 1.87. The molecule has 0 atom stereocenters. The maximum atomic E-state index is 15.4. The van der Waals surface area contributed by atoms with Crippen LogP contribution in [-0.2, 0) is 16.2 Å². The summed E-state index contributed by atoms with van der Waals surface area (Å²) in [5, 5.41) is 3.23. The second-order valence-corrected chi connectivity index (χ2v) is 10.5. The van der Waals surface area contributed by atoms with Gasteiger partial charge in [0.1, 0.15) is 34.3 Å². The number of fused-ring (bicyclic) bond motifs is 1. The number of carbonyl (C=O) groups is 1. The van der Waals surface area contributed by atoms with Crippen molar-refractivity contribution in [3.63, 3.8) is 0 Å². The second-order valence-electron chi connectivity index (χ2n) is 8.83. The van der Waals surface area contributed by atoms with Crippen molar-refractivity contribution in [2.24, 2.45) is 5.92 Å². The van der Waals surface area contributed by atoms with Crippen molar-refractivity contribution in [2.75, 3.05) is 16.6 Å². The highest BCUT2D eigenvalue weighted by Gasteiger charge is 2.34. The Morgan fingerprint density at radius 2 is 1.77 bits per heavy atom. The van der Waals surface area contributed by atoms with E-state index in [0.717, 1.165) is 19.0 Å². The number of ketones is 1. The van der Waals surface area contributed by atoms with Crippen molar-refractivity contribution < 1.29 is 39.6 Å². The zero-order chi connectivity index (χ0) is 28.1. The molecule has 0 radical (unpaired) electrons. The molecule has 4 aromatic rings. The molecule has 5 rings (SSSR count). The van der Waals surface area contributed by atoms with E-state index in [4.69, 9.17) is 0 Å². The number of H-pyrrole nitrogens is 1. The highest BCUT2D eigenvalue weighted by molar-refractivity contribution is 7.92. The molecule has 1 saturated carbocycles. The minimum absolute atomic E-state index is 0.0350. The first-order chi connectivity index (χ1) is 18.4. The van der Waals surface area contributed by atoms with Gasteiger partial charge in [0.15, 0.2) is 5.82 Å². The number of anilines is 2. The molecule has 0 spiro atoms. The monoisotopic (exact) mass is 569 g/mol. The summed E-state index contributed by atoms with van der Waals surface area (Å²) in [6.45, 7) is 0.553. The fourth-order valence-corrected chi connectivity index (χ4v) is 5.06. The largest absolute Gasteiger partial charge is 0.416 e. The van der Waals surface area contributed by atoms with Gasteiger partial charge in [0.05, 0.1) is 27.8 Å². The number of carbonyl (C=O) groups excluding carboxylic acids is 1. The smallest absolute Gasteiger partial charge is 0.369 e. The van der Waals surface area contributed by atoms with Crippen molar-refractivity contribution in [2.45, 2.75) is 23.9 Å². The summed E-state index contributed by atoms with van der Waals surface area (Å²) < 4.78 is 111. The molecular formula is C24H17F6N5O3S. The fraction of sp³-hybridized carbons (Fsp3) is 0.208. The van der Waals surface area contributed by atoms with E-state index in [0.29, 0.717) is 36.7 Å². The van der Waals surface area contributed by atoms with Crippen LogP contribution in [0.25, 0.3) is 11.0 Å². The van der Waals surface area contributed by atoms with E-state index >= 15 is 4.39 Å². The van der Waals surface area contributed by atoms with Gasteiger partial charge >= 0.3 is 6.18 Å². The molecule has 0 aliphatic heterocycles. The average molecular weight is 569 g/mol. The predicted octanol–water partition coefficient (Wildman–Crippen LogP) is 5.25. The van der Waals surface area contributed by atoms with Crippen molar-refractivity contribution in [1.82, 2.24) is 15.0 Å². The van der Waals surface area contributed by atoms with Crippen LogP contribution in [0.3, 0.4) is 0 Å². The van der Waals surface area contributed by atoms with Crippen molar-refractivity contribution in [3.8, 4) is 0 Å². The number of aromatic amines is 1. The van der Waals surface area contributed by atoms with Gasteiger partial charge in [-0.05, 0) is 49.1 Å². The molecule has 1 aliphatic rings. The fourth-order valence-electron chi connectivity index (χ4n) is 3.90. The van der Waals surface area contributed by atoms with E-state index in [1.165, 1.54) is 6.33 Å². The van der Waals surface area contributed by atoms with Gasteiger partial charge in [-0.15, -0.1) is 0 Å². The van der Waals surface area contributed by atoms with Crippen LogP contribution in [0.4, 0.5) is 37.8 Å². The highest BCUT2D eigenvalue weighted by Crippen LogP contribution is 2.34. The number of benzene rings is 2. The molecule has 2 aromatic carbocycles. The van der Waals surface area contributed by atoms with Crippen molar-refractivity contribution in [1.29, 1.82) is 0 Å². The van der Waals surface area contributed by atoms with Crippen LogP contribution in [0.1, 0.15) is 34.3 Å². The summed E-state index contributed by atoms with van der Waals surface area (Å²) in [5.74, 6) is -5.06. The standard InChI is InChI=1S/C24H17F6N5O3S/c25-14-4-3-12(24(28,29)30)7-17(14)39(37,38)35-16-6-5-15(26)19(20(16)27)21(36)13-9-32-23-18(13)22(33-10-34-23)31-8-11-1-2-11/h3-7,9-11,35H,1-2,8H2,(H2,31,32,33,34). The lowest BCUT2D eigenvalue weighted by molar-refractivity contribution is -0.137. The molecular weight excluding hydrogens is 552 g/mol. The first-order valence-electron chi connectivity index (χ1n) is 11.3. The first-order valence-corrected chi connectivity index (χ1v) is 12.8. The lowest BCUT2D eigenvalue weighted by Gasteiger charge is -2.14. The van der Waals surface area contributed by atoms with Crippen LogP contribution in [0, 0.1) is 23.4 Å². The first kappa shape index (κ1) is 26.5. The minimum Gasteiger partial charge on any atom is -0.369 e. The van der Waals surface area contributed by atoms with Crippen LogP contribution in [0.15, 0.2) is 47.8 Å². The van der Waals surface area contributed by atoms with E-state index in [1.807, 2.05) is 0 Å². The summed E-state index contributed by atoms with van der Waals surface area (Å²) in [7, 11) is -5.14. The number of hydrogen-bond acceptors (Lipinski definition) is 6. The number of hydrogen-bond donors (Lipinski definition) is 3. The Morgan fingerprint density at radius 1 is 1.05 bits per heavy atom. The van der Waals surface area contributed by atoms with Gasteiger partial charge in [-0.2, -0.15) is 13.2 Å². The molecule has 39 heavy (non-hydrogen) atoms. The van der Waals surface area contributed by atoms with Crippen LogP contribution in [0.5, 0.6) is 0 Å². The summed E-state index contributed by atoms with van der Waals surface area (Å²) >= 11 is 0. The molecule has 1 aliphatic carbocycles. The number of nitrogens with one attached hydrogen (secondary N) is 3. The third kappa shape index (κ3) is 5.13. The van der Waals surface area contributed by atoms with Crippen LogP contribution >= 0.6 is 0 Å². The summed E-state index contributed by atoms with van der Waals surface area (Å²) in [5.41, 5.74) is -3.63. The topological polar surface area (TPSA) is 117 Å². The van der Waals surface area contributed by atoms with Gasteiger partial charge in [-0.3, -0.25) is 9.52 Å². The van der Waals surface area contributed by atoms with Gasteiger partial charge in [0, 0.05) is 12.7 Å². The van der Waals surface area contributed by atoms with E-state index in [9.17, 15) is 35.2 Å². The molecule has 2 heterocycles. The number of sulfonamides is 1. The number of rotatable bonds is 8. The Balaban J connectivity index is 1.52. The maximum absolute atomic E-state index is 15.4. The SMILES string of the molecule is O=C(c1c(F)ccc(NS(=O)(=O)c2cc(C(F)(F)F)ccc2F)c1F)c1c[nH]c2ncnc(NCC3CC3)c12. The third-order valence-corrected chi connectivity index (χ3v) is 7.46. The molecule has 0 saturated heterocycles. The van der Waals surface area contributed by atoms with Gasteiger partial charge < -0.3 is 10.3 Å². The molecule has 8 nitrogen and oxygen atoms in total. The van der Waals surface area contributed by atoms with Gasteiger partial charge in [-0.1, -0.05) is 0 Å². The Bertz CT molecular complexity index is 1720. The molecule has 0 bridgehead atoms. The summed E-state index contributed by atoms with van der Waals surface area (Å²) in [6.07, 6.45) is -0.565. The van der Waals surface area contributed by atoms with Crippen LogP contribution in [-0.4, -0.2) is 35.7 Å². The highest BCUT2D eigenvalue weighted by atomic mass is 32.2. The van der Waals surface area contributed by atoms with Crippen LogP contribution < -0.4 is 10.0 Å². The average Bonchev–Trinajstić information content (AvgIpc) is 3.60. The lowest BCUT2D eigenvalue weighted by atomic mass is 10.0. The Labute approximate surface area is 216 Å². The molecule has 1 fully saturated rings. The molecule has 204 valence electrons. The zero-order valence-electron chi connectivity index (χ0n) is 19.5. The van der Waals surface area contributed by atoms with Crippen molar-refractivity contribution >= 4 is 38.3 Å². The summed E-state index contributed by atoms with van der Waals surface area (Å²) in [4.78, 5) is 22.7. The maximum Gasteiger partial charge on any atom is 0.416 e. The van der Waals surface area contributed by atoms with Gasteiger partial charge in [0.2, 0.25) is 5.78 Å². The number of nitrogens with zero attached hydrogens (tertiary/aromatic N) is 2. The van der Waals surface area contributed by atoms with E-state index in [-0.39, 0.29) is 28.5 Å². The van der Waals surface area contributed by atoms with Gasteiger partial charge in [-0.25, -0.2) is 31.6 Å². The number of halogens is 6. The lowest BCUT2D eigenvalue weighted by Crippen LogP contribution is -2.18. The minimum atomic E-state index is -5.14. The molecule has 3 N–H and O–H groups in total. The molecule has 0 unspecified atom stereocenters. The normalized spacial score (nSPS) is 14.0. The van der Waals surface area contributed by atoms with E-state index in [2.05, 4.69) is 20.3 Å².